The summed E-state index contributed by atoms with van der Waals surface area (Å²) >= 11 is 0. The zero-order valence-electron chi connectivity index (χ0n) is 16.5. The third kappa shape index (κ3) is 4.98. The van der Waals surface area contributed by atoms with Crippen molar-refractivity contribution in [3.63, 3.8) is 0 Å². The number of halogens is 5. The van der Waals surface area contributed by atoms with Crippen molar-refractivity contribution in [1.82, 2.24) is 0 Å². The fraction of sp³-hybridized carbons (Fsp3) is 0.273. The molecule has 0 saturated carbocycles. The van der Waals surface area contributed by atoms with E-state index in [0.717, 1.165) is 49.4 Å². The van der Waals surface area contributed by atoms with E-state index in [9.17, 15) is 30.4 Å². The Hall–Kier alpha value is -2.68. The van der Waals surface area contributed by atoms with E-state index in [1.807, 2.05) is 24.3 Å². The molecule has 0 aliphatic carbocycles. The maximum absolute atomic E-state index is 14.7. The zero-order chi connectivity index (χ0) is 22.8. The summed E-state index contributed by atoms with van der Waals surface area (Å²) in [5.74, 6) is -3.81. The molecular formula is C22H19F5O3S. The topological polar surface area (TPSA) is 43.4 Å². The van der Waals surface area contributed by atoms with Crippen LogP contribution in [-0.4, -0.2) is 13.9 Å². The van der Waals surface area contributed by atoms with E-state index in [0.29, 0.717) is 11.1 Å². The SMILES string of the molecule is CCCCCc1ccc(-c2cc(F)c3c(F)c(OS(=O)(=O)C(F)(F)F)ccc3c2)cc1. The first-order valence-corrected chi connectivity index (χ1v) is 11.0. The standard InChI is InChI=1S/C22H19F5O3S/c1-2-3-4-5-14-6-8-15(9-7-14)17-12-16-10-11-19(21(24)20(16)18(23)13-17)30-31(28,29)22(25,26)27/h6-13H,2-5H2,1H3. The number of hydrogen-bond acceptors (Lipinski definition) is 3. The van der Waals surface area contributed by atoms with Crippen LogP contribution in [0, 0.1) is 11.6 Å². The van der Waals surface area contributed by atoms with Crippen LogP contribution < -0.4 is 4.18 Å². The van der Waals surface area contributed by atoms with E-state index in [4.69, 9.17) is 0 Å². The number of fused-ring (bicyclic) bond motifs is 1. The Balaban J connectivity index is 1.94. The minimum Gasteiger partial charge on any atom is -0.373 e. The minimum atomic E-state index is -6.08. The Bertz CT molecular complexity index is 1190. The van der Waals surface area contributed by atoms with Crippen LogP contribution in [0.1, 0.15) is 31.7 Å². The molecule has 3 aromatic carbocycles. The van der Waals surface area contributed by atoms with Gasteiger partial charge in [0.1, 0.15) is 5.82 Å². The Labute approximate surface area is 176 Å². The summed E-state index contributed by atoms with van der Waals surface area (Å²) in [7, 11) is -6.08. The molecule has 0 fully saturated rings. The lowest BCUT2D eigenvalue weighted by molar-refractivity contribution is -0.0500. The van der Waals surface area contributed by atoms with Gasteiger partial charge < -0.3 is 4.18 Å². The van der Waals surface area contributed by atoms with Gasteiger partial charge in [-0.2, -0.15) is 21.6 Å². The fourth-order valence-electron chi connectivity index (χ4n) is 3.19. The molecule has 166 valence electrons. The first kappa shape index (κ1) is 23.0. The average Bonchev–Trinajstić information content (AvgIpc) is 2.69. The minimum absolute atomic E-state index is 0.0521. The Morgan fingerprint density at radius 1 is 0.903 bits per heavy atom. The van der Waals surface area contributed by atoms with Crippen LogP contribution in [0.3, 0.4) is 0 Å². The first-order valence-electron chi connectivity index (χ1n) is 9.55. The highest BCUT2D eigenvalue weighted by Gasteiger charge is 2.49. The predicted octanol–water partition coefficient (Wildman–Crippen LogP) is 6.75. The molecule has 0 heterocycles. The monoisotopic (exact) mass is 458 g/mol. The normalized spacial score (nSPS) is 12.3. The largest absolute Gasteiger partial charge is 0.534 e. The lowest BCUT2D eigenvalue weighted by Crippen LogP contribution is -2.28. The van der Waals surface area contributed by atoms with Gasteiger partial charge in [-0.1, -0.05) is 50.1 Å². The molecule has 0 aliphatic heterocycles. The van der Waals surface area contributed by atoms with Crippen molar-refractivity contribution in [3.05, 3.63) is 65.7 Å². The van der Waals surface area contributed by atoms with E-state index in [1.54, 1.807) is 0 Å². The lowest BCUT2D eigenvalue weighted by atomic mass is 9.98. The molecule has 3 rings (SSSR count). The van der Waals surface area contributed by atoms with E-state index in [2.05, 4.69) is 11.1 Å². The quantitative estimate of drug-likeness (QED) is 0.170. The van der Waals surface area contributed by atoms with Gasteiger partial charge in [0.2, 0.25) is 0 Å². The number of benzene rings is 3. The summed E-state index contributed by atoms with van der Waals surface area (Å²) in [4.78, 5) is 0. The van der Waals surface area contributed by atoms with Crippen molar-refractivity contribution < 1.29 is 34.6 Å². The van der Waals surface area contributed by atoms with Gasteiger partial charge in [-0.05, 0) is 53.1 Å². The van der Waals surface area contributed by atoms with Crippen molar-refractivity contribution in [2.24, 2.45) is 0 Å². The van der Waals surface area contributed by atoms with Gasteiger partial charge >= 0.3 is 15.6 Å². The Morgan fingerprint density at radius 2 is 1.58 bits per heavy atom. The molecule has 0 unspecified atom stereocenters. The molecule has 0 aromatic heterocycles. The number of rotatable bonds is 7. The zero-order valence-corrected chi connectivity index (χ0v) is 17.3. The molecule has 0 saturated heterocycles. The predicted molar refractivity (Wildman–Crippen MR) is 108 cm³/mol. The second-order valence-electron chi connectivity index (χ2n) is 7.07. The molecule has 3 aromatic rings. The van der Waals surface area contributed by atoms with Crippen LogP contribution in [-0.2, 0) is 16.5 Å². The average molecular weight is 458 g/mol. The van der Waals surface area contributed by atoms with Crippen molar-refractivity contribution >= 4 is 20.9 Å². The summed E-state index contributed by atoms with van der Waals surface area (Å²) in [5.41, 5.74) is -3.47. The van der Waals surface area contributed by atoms with Gasteiger partial charge in [0.15, 0.2) is 11.6 Å². The van der Waals surface area contributed by atoms with Gasteiger partial charge in [0.05, 0.1) is 5.39 Å². The third-order valence-electron chi connectivity index (χ3n) is 4.81. The summed E-state index contributed by atoms with van der Waals surface area (Å²) < 4.78 is 92.8. The maximum Gasteiger partial charge on any atom is 0.534 e. The van der Waals surface area contributed by atoms with E-state index < -0.39 is 38.4 Å². The van der Waals surface area contributed by atoms with Crippen LogP contribution in [0.2, 0.25) is 0 Å². The van der Waals surface area contributed by atoms with E-state index in [-0.39, 0.29) is 5.39 Å². The third-order valence-corrected chi connectivity index (χ3v) is 5.78. The lowest BCUT2D eigenvalue weighted by Gasteiger charge is -2.12. The van der Waals surface area contributed by atoms with E-state index in [1.165, 1.54) is 6.07 Å². The smallest absolute Gasteiger partial charge is 0.373 e. The highest BCUT2D eigenvalue weighted by atomic mass is 32.2. The molecule has 3 nitrogen and oxygen atoms in total. The summed E-state index contributed by atoms with van der Waals surface area (Å²) in [5, 5.41) is -0.605. The molecule has 0 bridgehead atoms. The molecule has 0 radical (unpaired) electrons. The van der Waals surface area contributed by atoms with Crippen molar-refractivity contribution in [2.75, 3.05) is 0 Å². The van der Waals surface area contributed by atoms with Crippen LogP contribution in [0.4, 0.5) is 22.0 Å². The number of alkyl halides is 3. The van der Waals surface area contributed by atoms with Gasteiger partial charge in [0.25, 0.3) is 0 Å². The molecule has 9 heteroatoms. The molecule has 0 N–H and O–H groups in total. The fourth-order valence-corrected chi connectivity index (χ4v) is 3.65. The molecule has 0 aliphatic rings. The Morgan fingerprint density at radius 3 is 2.19 bits per heavy atom. The number of aryl methyl sites for hydroxylation is 1. The van der Waals surface area contributed by atoms with Crippen molar-refractivity contribution in [3.8, 4) is 16.9 Å². The van der Waals surface area contributed by atoms with Crippen molar-refractivity contribution in [2.45, 2.75) is 38.1 Å². The summed E-state index contributed by atoms with van der Waals surface area (Å²) in [6.45, 7) is 2.12. The summed E-state index contributed by atoms with van der Waals surface area (Å²) in [6, 6.07) is 11.8. The molecule has 0 atom stereocenters. The van der Waals surface area contributed by atoms with Crippen molar-refractivity contribution in [1.29, 1.82) is 0 Å². The Kier molecular flexibility index (Phi) is 6.54. The van der Waals surface area contributed by atoms with Gasteiger partial charge in [-0.25, -0.2) is 8.78 Å². The van der Waals surface area contributed by atoms with Gasteiger partial charge in [-0.3, -0.25) is 0 Å². The van der Waals surface area contributed by atoms with Gasteiger partial charge in [-0.15, -0.1) is 0 Å². The second kappa shape index (κ2) is 8.82. The molecular weight excluding hydrogens is 439 g/mol. The highest BCUT2D eigenvalue weighted by Crippen LogP contribution is 2.35. The van der Waals surface area contributed by atoms with Crippen LogP contribution in [0.15, 0.2) is 48.5 Å². The number of hydrogen-bond donors (Lipinski definition) is 0. The molecule has 0 amide bonds. The van der Waals surface area contributed by atoms with Crippen LogP contribution in [0.5, 0.6) is 5.75 Å². The maximum atomic E-state index is 14.7. The van der Waals surface area contributed by atoms with Crippen LogP contribution in [0.25, 0.3) is 21.9 Å². The first-order chi connectivity index (χ1) is 14.5. The molecule has 31 heavy (non-hydrogen) atoms. The van der Waals surface area contributed by atoms with E-state index >= 15 is 0 Å². The highest BCUT2D eigenvalue weighted by molar-refractivity contribution is 7.88. The van der Waals surface area contributed by atoms with Gasteiger partial charge in [0, 0.05) is 0 Å². The van der Waals surface area contributed by atoms with Crippen LogP contribution >= 0.6 is 0 Å². The summed E-state index contributed by atoms with van der Waals surface area (Å²) in [6.07, 6.45) is 4.22. The molecule has 0 spiro atoms. The second-order valence-corrected chi connectivity index (χ2v) is 8.61. The number of unbranched alkanes of at least 4 members (excludes halogenated alkanes) is 2.